The second-order valence-electron chi connectivity index (χ2n) is 6.18. The maximum Gasteiger partial charge on any atom is 0.0474 e. The minimum Gasteiger partial charge on any atom is -0.396 e. The highest BCUT2D eigenvalue weighted by atomic mass is 16.3. The topological polar surface area (TPSA) is 39.3 Å². The summed E-state index contributed by atoms with van der Waals surface area (Å²) < 4.78 is 0. The van der Waals surface area contributed by atoms with Crippen molar-refractivity contribution in [3.05, 3.63) is 35.5 Å². The average molecular weight is 256 g/mol. The smallest absolute Gasteiger partial charge is 0.0474 e. The number of hydrogen-bond donors (Lipinski definition) is 2. The number of aromatic amines is 1. The SMILES string of the molecule is CN1C[C@H](CO)[C@H]2Cc3cccc4[nH]cc(c34)C[C@H]21. The molecule has 1 aliphatic carbocycles. The van der Waals surface area contributed by atoms with Crippen LogP contribution in [-0.4, -0.2) is 41.2 Å². The van der Waals surface area contributed by atoms with Crippen molar-refractivity contribution in [1.29, 1.82) is 0 Å². The summed E-state index contributed by atoms with van der Waals surface area (Å²) in [4.78, 5) is 5.84. The van der Waals surface area contributed by atoms with Crippen molar-refractivity contribution >= 4 is 10.9 Å². The molecule has 1 aromatic heterocycles. The minimum absolute atomic E-state index is 0.317. The predicted octanol–water partition coefficient (Wildman–Crippen LogP) is 1.81. The Balaban J connectivity index is 1.85. The third-order valence-electron chi connectivity index (χ3n) is 5.18. The summed E-state index contributed by atoms with van der Waals surface area (Å²) in [6, 6.07) is 7.14. The van der Waals surface area contributed by atoms with Gasteiger partial charge in [-0.15, -0.1) is 0 Å². The van der Waals surface area contributed by atoms with Crippen molar-refractivity contribution in [3.63, 3.8) is 0 Å². The summed E-state index contributed by atoms with van der Waals surface area (Å²) in [5.74, 6) is 1.02. The fourth-order valence-corrected chi connectivity index (χ4v) is 4.23. The van der Waals surface area contributed by atoms with Crippen LogP contribution in [0.3, 0.4) is 0 Å². The van der Waals surface area contributed by atoms with Crippen LogP contribution in [0.25, 0.3) is 10.9 Å². The lowest BCUT2D eigenvalue weighted by Gasteiger charge is -2.24. The molecular weight excluding hydrogens is 236 g/mol. The molecule has 2 N–H and O–H groups in total. The molecule has 0 bridgehead atoms. The molecule has 3 heteroatoms. The molecule has 3 atom stereocenters. The quantitative estimate of drug-likeness (QED) is 0.817. The first-order valence-corrected chi connectivity index (χ1v) is 7.17. The summed E-state index contributed by atoms with van der Waals surface area (Å²) in [5.41, 5.74) is 4.16. The molecule has 2 heterocycles. The van der Waals surface area contributed by atoms with Crippen LogP contribution in [0.2, 0.25) is 0 Å². The van der Waals surface area contributed by atoms with Crippen LogP contribution in [0.15, 0.2) is 24.4 Å². The Morgan fingerprint density at radius 1 is 1.32 bits per heavy atom. The molecule has 19 heavy (non-hydrogen) atoms. The number of nitrogens with zero attached hydrogens (tertiary/aromatic N) is 1. The fourth-order valence-electron chi connectivity index (χ4n) is 4.23. The molecular formula is C16H20N2O. The van der Waals surface area contributed by atoms with Crippen molar-refractivity contribution in [3.8, 4) is 0 Å². The first-order valence-electron chi connectivity index (χ1n) is 7.17. The molecule has 0 saturated carbocycles. The number of H-pyrrole nitrogens is 1. The van der Waals surface area contributed by atoms with Crippen molar-refractivity contribution in [2.24, 2.45) is 11.8 Å². The van der Waals surface area contributed by atoms with Crippen LogP contribution < -0.4 is 0 Å². The standard InChI is InChI=1S/C16H20N2O/c1-18-8-12(9-19)13-5-10-3-2-4-14-16(10)11(7-17-14)6-15(13)18/h2-4,7,12-13,15,17,19H,5-6,8-9H2,1H3/t12-,13-,15-/m1/s1. The van der Waals surface area contributed by atoms with E-state index in [-0.39, 0.29) is 0 Å². The number of likely N-dealkylation sites (tertiary alicyclic amines) is 1. The Kier molecular flexibility index (Phi) is 2.47. The van der Waals surface area contributed by atoms with Gasteiger partial charge in [0.2, 0.25) is 0 Å². The number of rotatable bonds is 1. The zero-order valence-corrected chi connectivity index (χ0v) is 11.3. The molecule has 1 fully saturated rings. The van der Waals surface area contributed by atoms with Crippen LogP contribution in [-0.2, 0) is 12.8 Å². The molecule has 0 unspecified atom stereocenters. The van der Waals surface area contributed by atoms with Crippen molar-refractivity contribution in [2.75, 3.05) is 20.2 Å². The number of aliphatic hydroxyl groups excluding tert-OH is 1. The van der Waals surface area contributed by atoms with Gasteiger partial charge in [-0.2, -0.15) is 0 Å². The number of aliphatic hydroxyl groups is 1. The van der Waals surface area contributed by atoms with Gasteiger partial charge in [-0.3, -0.25) is 0 Å². The number of likely N-dealkylation sites (N-methyl/N-ethyl adjacent to an activating group) is 1. The van der Waals surface area contributed by atoms with E-state index in [1.165, 1.54) is 22.0 Å². The Morgan fingerprint density at radius 3 is 3.05 bits per heavy atom. The molecule has 2 aliphatic rings. The maximum atomic E-state index is 9.64. The third kappa shape index (κ3) is 1.58. The van der Waals surface area contributed by atoms with Gasteiger partial charge in [0.25, 0.3) is 0 Å². The van der Waals surface area contributed by atoms with Gasteiger partial charge in [0.1, 0.15) is 0 Å². The Hall–Kier alpha value is -1.32. The molecule has 0 amide bonds. The normalized spacial score (nSPS) is 30.5. The van der Waals surface area contributed by atoms with Gasteiger partial charge in [0.05, 0.1) is 0 Å². The van der Waals surface area contributed by atoms with Crippen LogP contribution in [0.1, 0.15) is 11.1 Å². The molecule has 2 aromatic rings. The van der Waals surface area contributed by atoms with Gasteiger partial charge < -0.3 is 15.0 Å². The van der Waals surface area contributed by atoms with Crippen LogP contribution in [0, 0.1) is 11.8 Å². The third-order valence-corrected chi connectivity index (χ3v) is 5.18. The lowest BCUT2D eigenvalue weighted by atomic mass is 9.85. The summed E-state index contributed by atoms with van der Waals surface area (Å²) in [6.07, 6.45) is 4.38. The summed E-state index contributed by atoms with van der Waals surface area (Å²) in [6.45, 7) is 1.35. The number of nitrogens with one attached hydrogen (secondary N) is 1. The molecule has 1 aliphatic heterocycles. The molecule has 0 radical (unpaired) electrons. The first-order chi connectivity index (χ1) is 9.28. The van der Waals surface area contributed by atoms with Crippen LogP contribution in [0.4, 0.5) is 0 Å². The van der Waals surface area contributed by atoms with Gasteiger partial charge in [0, 0.05) is 36.3 Å². The lowest BCUT2D eigenvalue weighted by Crippen LogP contribution is -2.31. The Morgan fingerprint density at radius 2 is 2.21 bits per heavy atom. The van der Waals surface area contributed by atoms with Crippen molar-refractivity contribution in [1.82, 2.24) is 9.88 Å². The van der Waals surface area contributed by atoms with Gasteiger partial charge in [-0.05, 0) is 48.9 Å². The number of hydrogen-bond acceptors (Lipinski definition) is 2. The molecule has 3 nitrogen and oxygen atoms in total. The number of benzene rings is 1. The second-order valence-corrected chi connectivity index (χ2v) is 6.18. The van der Waals surface area contributed by atoms with E-state index in [4.69, 9.17) is 0 Å². The molecule has 100 valence electrons. The van der Waals surface area contributed by atoms with E-state index in [2.05, 4.69) is 41.3 Å². The summed E-state index contributed by atoms with van der Waals surface area (Å²) >= 11 is 0. The average Bonchev–Trinajstić information content (AvgIpc) is 2.89. The zero-order valence-electron chi connectivity index (χ0n) is 11.3. The van der Waals surface area contributed by atoms with Gasteiger partial charge in [0.15, 0.2) is 0 Å². The largest absolute Gasteiger partial charge is 0.396 e. The number of fused-ring (bicyclic) bond motifs is 1. The highest BCUT2D eigenvalue weighted by Crippen LogP contribution is 2.39. The van der Waals surface area contributed by atoms with Crippen molar-refractivity contribution in [2.45, 2.75) is 18.9 Å². The number of aromatic nitrogens is 1. The predicted molar refractivity (Wildman–Crippen MR) is 76.2 cm³/mol. The minimum atomic E-state index is 0.317. The Labute approximate surface area is 113 Å². The fraction of sp³-hybridized carbons (Fsp3) is 0.500. The van der Waals surface area contributed by atoms with Crippen molar-refractivity contribution < 1.29 is 5.11 Å². The lowest BCUT2D eigenvalue weighted by molar-refractivity contribution is 0.196. The second kappa shape index (κ2) is 4.09. The van der Waals surface area contributed by atoms with Gasteiger partial charge in [-0.1, -0.05) is 12.1 Å². The van der Waals surface area contributed by atoms with E-state index in [9.17, 15) is 5.11 Å². The monoisotopic (exact) mass is 256 g/mol. The van der Waals surface area contributed by atoms with Crippen LogP contribution in [0.5, 0.6) is 0 Å². The first kappa shape index (κ1) is 11.5. The molecule has 1 saturated heterocycles. The van der Waals surface area contributed by atoms with E-state index in [1.807, 2.05) is 0 Å². The molecule has 4 rings (SSSR count). The highest BCUT2D eigenvalue weighted by molar-refractivity contribution is 5.87. The summed E-state index contributed by atoms with van der Waals surface area (Å²) in [7, 11) is 2.20. The molecule has 0 spiro atoms. The van der Waals surface area contributed by atoms with E-state index in [0.717, 1.165) is 19.4 Å². The van der Waals surface area contributed by atoms with E-state index in [1.54, 1.807) is 0 Å². The Bertz CT molecular complexity index is 618. The van der Waals surface area contributed by atoms with E-state index < -0.39 is 0 Å². The summed E-state index contributed by atoms with van der Waals surface area (Å²) in [5, 5.41) is 11.1. The van der Waals surface area contributed by atoms with E-state index >= 15 is 0 Å². The van der Waals surface area contributed by atoms with Gasteiger partial charge >= 0.3 is 0 Å². The molecule has 1 aromatic carbocycles. The highest BCUT2D eigenvalue weighted by Gasteiger charge is 2.41. The maximum absolute atomic E-state index is 9.64. The van der Waals surface area contributed by atoms with E-state index in [0.29, 0.717) is 24.5 Å². The zero-order chi connectivity index (χ0) is 13.0. The van der Waals surface area contributed by atoms with Crippen LogP contribution >= 0.6 is 0 Å². The van der Waals surface area contributed by atoms with Gasteiger partial charge in [-0.25, -0.2) is 0 Å².